The highest BCUT2D eigenvalue weighted by Gasteiger charge is 2.17. The van der Waals surface area contributed by atoms with Crippen LogP contribution in [0.5, 0.6) is 0 Å². The molecule has 0 aromatic rings. The van der Waals surface area contributed by atoms with E-state index in [-0.39, 0.29) is 6.10 Å². The van der Waals surface area contributed by atoms with E-state index in [4.69, 9.17) is 9.47 Å². The van der Waals surface area contributed by atoms with Crippen LogP contribution >= 0.6 is 0 Å². The summed E-state index contributed by atoms with van der Waals surface area (Å²) in [6, 6.07) is 0.719. The third kappa shape index (κ3) is 7.02. The molecule has 0 amide bonds. The summed E-state index contributed by atoms with van der Waals surface area (Å²) < 4.78 is 11.0. The Balaban J connectivity index is 1.93. The van der Waals surface area contributed by atoms with E-state index in [0.717, 1.165) is 31.7 Å². The fraction of sp³-hybridized carbons (Fsp3) is 1.00. The van der Waals surface area contributed by atoms with Crippen LogP contribution in [0.3, 0.4) is 0 Å². The average Bonchev–Trinajstić information content (AvgIpc) is 2.34. The minimum Gasteiger partial charge on any atom is -0.379 e. The van der Waals surface area contributed by atoms with Crippen LogP contribution in [-0.2, 0) is 9.47 Å². The summed E-state index contributed by atoms with van der Waals surface area (Å²) in [6.45, 7) is 9.67. The van der Waals surface area contributed by atoms with Gasteiger partial charge in [0.1, 0.15) is 0 Å². The summed E-state index contributed by atoms with van der Waals surface area (Å²) in [4.78, 5) is 0. The minimum atomic E-state index is 0.211. The molecule has 1 atom stereocenters. The van der Waals surface area contributed by atoms with Gasteiger partial charge in [-0.25, -0.2) is 0 Å². The summed E-state index contributed by atoms with van der Waals surface area (Å²) in [5.41, 5.74) is 0. The van der Waals surface area contributed by atoms with Crippen LogP contribution in [0.2, 0.25) is 0 Å². The maximum atomic E-state index is 5.67. The molecule has 1 fully saturated rings. The second kappa shape index (κ2) is 8.90. The quantitative estimate of drug-likeness (QED) is 0.665. The molecular formula is C14H29NO2. The van der Waals surface area contributed by atoms with Gasteiger partial charge in [0.2, 0.25) is 0 Å². The number of ether oxygens (including phenoxy) is 2. The van der Waals surface area contributed by atoms with Gasteiger partial charge in [0.05, 0.1) is 19.3 Å². The molecule has 3 heteroatoms. The molecule has 0 radical (unpaired) electrons. The first-order valence-corrected chi connectivity index (χ1v) is 7.15. The third-order valence-corrected chi connectivity index (χ3v) is 3.51. The van der Waals surface area contributed by atoms with Crippen molar-refractivity contribution in [3.05, 3.63) is 0 Å². The molecule has 1 unspecified atom stereocenters. The van der Waals surface area contributed by atoms with Gasteiger partial charge in [0.25, 0.3) is 0 Å². The first-order chi connectivity index (χ1) is 8.22. The smallest absolute Gasteiger partial charge is 0.0781 e. The predicted molar refractivity (Wildman–Crippen MR) is 71.3 cm³/mol. The van der Waals surface area contributed by atoms with Gasteiger partial charge in [-0.15, -0.1) is 0 Å². The van der Waals surface area contributed by atoms with Gasteiger partial charge < -0.3 is 14.8 Å². The molecule has 1 saturated carbocycles. The van der Waals surface area contributed by atoms with Crippen molar-refractivity contribution in [3.63, 3.8) is 0 Å². The van der Waals surface area contributed by atoms with Crippen LogP contribution in [0.4, 0.5) is 0 Å². The van der Waals surface area contributed by atoms with Crippen LogP contribution in [0.25, 0.3) is 0 Å². The van der Waals surface area contributed by atoms with Crippen molar-refractivity contribution >= 4 is 0 Å². The molecule has 1 N–H and O–H groups in total. The van der Waals surface area contributed by atoms with Crippen LogP contribution < -0.4 is 5.32 Å². The Kier molecular flexibility index (Phi) is 7.82. The van der Waals surface area contributed by atoms with Crippen molar-refractivity contribution in [1.82, 2.24) is 5.32 Å². The molecular weight excluding hydrogens is 214 g/mol. The lowest BCUT2D eigenvalue weighted by molar-refractivity contribution is -0.00274. The van der Waals surface area contributed by atoms with Crippen LogP contribution in [0.1, 0.15) is 46.5 Å². The van der Waals surface area contributed by atoms with Crippen molar-refractivity contribution in [2.24, 2.45) is 5.92 Å². The lowest BCUT2D eigenvalue weighted by atomic mass is 9.87. The largest absolute Gasteiger partial charge is 0.379 e. The Hall–Kier alpha value is -0.120. The molecule has 1 aliphatic carbocycles. The Morgan fingerprint density at radius 3 is 2.59 bits per heavy atom. The second-order valence-corrected chi connectivity index (χ2v) is 5.25. The number of nitrogens with one attached hydrogen (secondary N) is 1. The van der Waals surface area contributed by atoms with E-state index < -0.39 is 0 Å². The highest BCUT2D eigenvalue weighted by atomic mass is 16.5. The van der Waals surface area contributed by atoms with Gasteiger partial charge in [-0.05, 0) is 45.4 Å². The molecule has 0 bridgehead atoms. The fourth-order valence-electron chi connectivity index (χ4n) is 2.32. The second-order valence-electron chi connectivity index (χ2n) is 5.25. The summed E-state index contributed by atoms with van der Waals surface area (Å²) >= 11 is 0. The van der Waals surface area contributed by atoms with E-state index in [0.29, 0.717) is 6.61 Å². The van der Waals surface area contributed by atoms with Crippen molar-refractivity contribution in [3.8, 4) is 0 Å². The van der Waals surface area contributed by atoms with Gasteiger partial charge in [-0.2, -0.15) is 0 Å². The first-order valence-electron chi connectivity index (χ1n) is 7.15. The molecule has 3 nitrogen and oxygen atoms in total. The van der Waals surface area contributed by atoms with E-state index in [1.807, 2.05) is 6.92 Å². The normalized spacial score (nSPS) is 27.0. The van der Waals surface area contributed by atoms with Crippen molar-refractivity contribution in [2.75, 3.05) is 26.4 Å². The average molecular weight is 243 g/mol. The first kappa shape index (κ1) is 14.9. The molecule has 0 heterocycles. The topological polar surface area (TPSA) is 30.5 Å². The van der Waals surface area contributed by atoms with E-state index >= 15 is 0 Å². The predicted octanol–water partition coefficient (Wildman–Crippen LogP) is 2.60. The molecule has 1 aliphatic rings. The van der Waals surface area contributed by atoms with Crippen LogP contribution in [0, 0.1) is 5.92 Å². The monoisotopic (exact) mass is 243 g/mol. The number of hydrogen-bond acceptors (Lipinski definition) is 3. The zero-order chi connectivity index (χ0) is 12.5. The Bertz CT molecular complexity index is 179. The molecule has 0 saturated heterocycles. The van der Waals surface area contributed by atoms with Gasteiger partial charge >= 0.3 is 0 Å². The SMILES string of the molecule is CCOCC(C)OCCNC1CCC(C)CC1. The maximum absolute atomic E-state index is 5.67. The summed E-state index contributed by atoms with van der Waals surface area (Å²) in [7, 11) is 0. The minimum absolute atomic E-state index is 0.211. The lowest BCUT2D eigenvalue weighted by Crippen LogP contribution is -2.35. The van der Waals surface area contributed by atoms with Crippen LogP contribution in [0.15, 0.2) is 0 Å². The maximum Gasteiger partial charge on any atom is 0.0781 e. The molecule has 0 aliphatic heterocycles. The van der Waals surface area contributed by atoms with Crippen LogP contribution in [-0.4, -0.2) is 38.5 Å². The molecule has 1 rings (SSSR count). The molecule has 0 aromatic heterocycles. The molecule has 17 heavy (non-hydrogen) atoms. The van der Waals surface area contributed by atoms with Crippen molar-refractivity contribution in [1.29, 1.82) is 0 Å². The standard InChI is InChI=1S/C14H29NO2/c1-4-16-11-13(3)17-10-9-15-14-7-5-12(2)6-8-14/h12-15H,4-11H2,1-3H3. The molecule has 102 valence electrons. The van der Waals surface area contributed by atoms with Crippen molar-refractivity contribution < 1.29 is 9.47 Å². The fourth-order valence-corrected chi connectivity index (χ4v) is 2.32. The lowest BCUT2D eigenvalue weighted by Gasteiger charge is -2.27. The number of rotatable bonds is 8. The number of hydrogen-bond donors (Lipinski definition) is 1. The molecule has 0 spiro atoms. The third-order valence-electron chi connectivity index (χ3n) is 3.51. The van der Waals surface area contributed by atoms with Gasteiger partial charge in [-0.3, -0.25) is 0 Å². The Morgan fingerprint density at radius 1 is 1.24 bits per heavy atom. The van der Waals surface area contributed by atoms with E-state index in [1.54, 1.807) is 0 Å². The van der Waals surface area contributed by atoms with Gasteiger partial charge in [-0.1, -0.05) is 6.92 Å². The highest BCUT2D eigenvalue weighted by Crippen LogP contribution is 2.23. The highest BCUT2D eigenvalue weighted by molar-refractivity contribution is 4.74. The summed E-state index contributed by atoms with van der Waals surface area (Å²) in [5.74, 6) is 0.926. The van der Waals surface area contributed by atoms with E-state index in [1.165, 1.54) is 25.7 Å². The zero-order valence-corrected chi connectivity index (χ0v) is 11.7. The van der Waals surface area contributed by atoms with E-state index in [2.05, 4.69) is 19.2 Å². The van der Waals surface area contributed by atoms with Gasteiger partial charge in [0.15, 0.2) is 0 Å². The van der Waals surface area contributed by atoms with E-state index in [9.17, 15) is 0 Å². The van der Waals surface area contributed by atoms with Crippen molar-refractivity contribution in [2.45, 2.75) is 58.6 Å². The summed E-state index contributed by atoms with van der Waals surface area (Å²) in [5, 5.41) is 3.59. The van der Waals surface area contributed by atoms with Gasteiger partial charge in [0, 0.05) is 19.2 Å². The Morgan fingerprint density at radius 2 is 1.94 bits per heavy atom. The Labute approximate surface area is 106 Å². The zero-order valence-electron chi connectivity index (χ0n) is 11.7. The summed E-state index contributed by atoms with van der Waals surface area (Å²) in [6.07, 6.45) is 5.62. The molecule has 0 aromatic carbocycles.